The molecule has 24 heavy (non-hydrogen) atoms. The van der Waals surface area contributed by atoms with Crippen LogP contribution in [0, 0.1) is 13.8 Å². The number of halogens is 3. The molecule has 0 spiro atoms. The van der Waals surface area contributed by atoms with Gasteiger partial charge < -0.3 is 14.8 Å². The van der Waals surface area contributed by atoms with Crippen LogP contribution >= 0.6 is 0 Å². The van der Waals surface area contributed by atoms with Crippen molar-refractivity contribution in [1.82, 2.24) is 15.1 Å². The second kappa shape index (κ2) is 6.02. The smallest absolute Gasteiger partial charge is 0.413 e. The molecule has 0 aromatic carbocycles. The first kappa shape index (κ1) is 17.6. The molecule has 10 heteroatoms. The first-order chi connectivity index (χ1) is 11.0. The van der Waals surface area contributed by atoms with E-state index in [4.69, 9.17) is 9.52 Å². The molecule has 0 saturated carbocycles. The zero-order valence-electron chi connectivity index (χ0n) is 12.9. The predicted octanol–water partition coefficient (Wildman–Crippen LogP) is 2.36. The number of nitrogens with one attached hydrogen (secondary N) is 1. The van der Waals surface area contributed by atoms with Crippen molar-refractivity contribution in [2.75, 3.05) is 0 Å². The lowest BCUT2D eigenvalue weighted by atomic mass is 10.0. The SMILES string of the molecule is Cc1nn(C)c(C)c1C(NC(=O)c1cc(C(=O)O)co1)C(F)(F)F. The standard InChI is InChI=1S/C14H14F3N3O4/c1-6-10(7(2)20(3)19-6)11(14(15,16)17)18-12(21)9-4-8(5-24-9)13(22)23/h4-5,11H,1-3H3,(H,18,21)(H,22,23). The normalized spacial score (nSPS) is 12.9. The van der Waals surface area contributed by atoms with Crippen LogP contribution in [-0.2, 0) is 7.05 Å². The lowest BCUT2D eigenvalue weighted by Gasteiger charge is -2.22. The minimum Gasteiger partial charge on any atom is -0.478 e. The molecule has 0 fully saturated rings. The Hall–Kier alpha value is -2.78. The number of aryl methyl sites for hydroxylation is 2. The van der Waals surface area contributed by atoms with E-state index in [0.717, 1.165) is 12.3 Å². The molecule has 0 radical (unpaired) electrons. The van der Waals surface area contributed by atoms with Crippen LogP contribution in [0.2, 0.25) is 0 Å². The van der Waals surface area contributed by atoms with E-state index in [2.05, 4.69) is 5.10 Å². The van der Waals surface area contributed by atoms with E-state index in [1.165, 1.54) is 25.6 Å². The third kappa shape index (κ3) is 3.26. The number of amides is 1. The molecule has 1 unspecified atom stereocenters. The molecule has 0 bridgehead atoms. The van der Waals surface area contributed by atoms with Gasteiger partial charge in [0.15, 0.2) is 11.8 Å². The van der Waals surface area contributed by atoms with Crippen LogP contribution in [0.5, 0.6) is 0 Å². The number of hydrogen-bond acceptors (Lipinski definition) is 4. The summed E-state index contributed by atoms with van der Waals surface area (Å²) in [5, 5.41) is 14.5. The Labute approximate surface area is 134 Å². The van der Waals surface area contributed by atoms with Crippen molar-refractivity contribution in [2.24, 2.45) is 7.05 Å². The maximum Gasteiger partial charge on any atom is 0.413 e. The van der Waals surface area contributed by atoms with Crippen LogP contribution in [0.25, 0.3) is 0 Å². The number of carbonyl (C=O) groups excluding carboxylic acids is 1. The Balaban J connectivity index is 2.36. The zero-order chi connectivity index (χ0) is 18.2. The molecule has 0 saturated heterocycles. The number of carboxylic acids is 1. The monoisotopic (exact) mass is 345 g/mol. The summed E-state index contributed by atoms with van der Waals surface area (Å²) in [6, 6.07) is -1.44. The number of rotatable bonds is 4. The van der Waals surface area contributed by atoms with Crippen molar-refractivity contribution in [3.8, 4) is 0 Å². The summed E-state index contributed by atoms with van der Waals surface area (Å²) in [5.74, 6) is -3.06. The van der Waals surface area contributed by atoms with Gasteiger partial charge in [-0.1, -0.05) is 0 Å². The number of carboxylic acid groups (broad SMARTS) is 1. The summed E-state index contributed by atoms with van der Waals surface area (Å²) < 4.78 is 46.2. The van der Waals surface area contributed by atoms with Crippen LogP contribution in [0.4, 0.5) is 13.2 Å². The van der Waals surface area contributed by atoms with Crippen molar-refractivity contribution in [3.05, 3.63) is 40.6 Å². The quantitative estimate of drug-likeness (QED) is 0.887. The van der Waals surface area contributed by atoms with Gasteiger partial charge in [0.2, 0.25) is 0 Å². The summed E-state index contributed by atoms with van der Waals surface area (Å²) in [5.41, 5.74) is -0.120. The lowest BCUT2D eigenvalue weighted by Crippen LogP contribution is -2.38. The van der Waals surface area contributed by atoms with Gasteiger partial charge in [-0.2, -0.15) is 18.3 Å². The number of alkyl halides is 3. The highest BCUT2D eigenvalue weighted by Crippen LogP contribution is 2.36. The average molecular weight is 345 g/mol. The fraction of sp³-hybridized carbons (Fsp3) is 0.357. The molecule has 0 aliphatic rings. The topological polar surface area (TPSA) is 97.4 Å². The highest BCUT2D eigenvalue weighted by Gasteiger charge is 2.45. The van der Waals surface area contributed by atoms with E-state index in [1.807, 2.05) is 5.32 Å². The van der Waals surface area contributed by atoms with E-state index in [1.54, 1.807) is 0 Å². The van der Waals surface area contributed by atoms with E-state index >= 15 is 0 Å². The largest absolute Gasteiger partial charge is 0.478 e. The molecule has 7 nitrogen and oxygen atoms in total. The summed E-state index contributed by atoms with van der Waals surface area (Å²) in [6.07, 6.45) is -3.99. The molecule has 1 amide bonds. The van der Waals surface area contributed by atoms with Crippen molar-refractivity contribution < 1.29 is 32.3 Å². The summed E-state index contributed by atoms with van der Waals surface area (Å²) >= 11 is 0. The Bertz CT molecular complexity index is 792. The van der Waals surface area contributed by atoms with Crippen LogP contribution < -0.4 is 5.32 Å². The third-order valence-corrected chi connectivity index (χ3v) is 3.53. The van der Waals surface area contributed by atoms with Crippen molar-refractivity contribution in [2.45, 2.75) is 26.1 Å². The molecule has 130 valence electrons. The Kier molecular flexibility index (Phi) is 4.41. The van der Waals surface area contributed by atoms with Gasteiger partial charge in [-0.05, 0) is 13.8 Å². The first-order valence-electron chi connectivity index (χ1n) is 6.72. The average Bonchev–Trinajstić information content (AvgIpc) is 3.02. The number of aromatic carboxylic acids is 1. The zero-order valence-corrected chi connectivity index (χ0v) is 12.9. The molecular formula is C14H14F3N3O4. The van der Waals surface area contributed by atoms with Gasteiger partial charge in [-0.25, -0.2) is 4.79 Å². The third-order valence-electron chi connectivity index (χ3n) is 3.53. The molecule has 2 aromatic rings. The second-order valence-corrected chi connectivity index (χ2v) is 5.16. The van der Waals surface area contributed by atoms with Gasteiger partial charge in [0, 0.05) is 24.4 Å². The highest BCUT2D eigenvalue weighted by molar-refractivity contribution is 5.95. The van der Waals surface area contributed by atoms with Crippen LogP contribution in [0.3, 0.4) is 0 Å². The van der Waals surface area contributed by atoms with Crippen molar-refractivity contribution >= 4 is 11.9 Å². The first-order valence-corrected chi connectivity index (χ1v) is 6.72. The maximum atomic E-state index is 13.4. The Morgan fingerprint density at radius 2 is 2.00 bits per heavy atom. The summed E-state index contributed by atoms with van der Waals surface area (Å²) in [4.78, 5) is 22.8. The van der Waals surface area contributed by atoms with Crippen LogP contribution in [0.1, 0.15) is 43.9 Å². The number of carbonyl (C=O) groups is 2. The van der Waals surface area contributed by atoms with Crippen LogP contribution in [-0.4, -0.2) is 32.9 Å². The van der Waals surface area contributed by atoms with Crippen molar-refractivity contribution in [3.63, 3.8) is 0 Å². The predicted molar refractivity (Wildman–Crippen MR) is 74.6 cm³/mol. The second-order valence-electron chi connectivity index (χ2n) is 5.16. The van der Waals surface area contributed by atoms with E-state index < -0.39 is 29.9 Å². The van der Waals surface area contributed by atoms with Gasteiger partial charge in [-0.3, -0.25) is 9.48 Å². The number of hydrogen-bond donors (Lipinski definition) is 2. The fourth-order valence-corrected chi connectivity index (χ4v) is 2.30. The number of furan rings is 1. The van der Waals surface area contributed by atoms with E-state index in [0.29, 0.717) is 0 Å². The van der Waals surface area contributed by atoms with Gasteiger partial charge in [0.05, 0.1) is 11.3 Å². The summed E-state index contributed by atoms with van der Waals surface area (Å²) in [6.45, 7) is 2.86. The maximum absolute atomic E-state index is 13.4. The molecule has 2 N–H and O–H groups in total. The number of nitrogens with zero attached hydrogens (tertiary/aromatic N) is 2. The lowest BCUT2D eigenvalue weighted by molar-refractivity contribution is -0.155. The van der Waals surface area contributed by atoms with Gasteiger partial charge in [-0.15, -0.1) is 0 Å². The fourth-order valence-electron chi connectivity index (χ4n) is 2.30. The van der Waals surface area contributed by atoms with Gasteiger partial charge >= 0.3 is 12.1 Å². The molecule has 2 rings (SSSR count). The molecule has 2 heterocycles. The minimum atomic E-state index is -4.77. The molecule has 0 aliphatic carbocycles. The highest BCUT2D eigenvalue weighted by atomic mass is 19.4. The molecular weight excluding hydrogens is 331 g/mol. The van der Waals surface area contributed by atoms with E-state index in [-0.39, 0.29) is 22.5 Å². The van der Waals surface area contributed by atoms with Gasteiger partial charge in [0.25, 0.3) is 5.91 Å². The van der Waals surface area contributed by atoms with Gasteiger partial charge in [0.1, 0.15) is 6.26 Å². The van der Waals surface area contributed by atoms with E-state index in [9.17, 15) is 22.8 Å². The molecule has 0 aliphatic heterocycles. The Morgan fingerprint density at radius 3 is 2.42 bits per heavy atom. The molecule has 1 atom stereocenters. The Morgan fingerprint density at radius 1 is 1.38 bits per heavy atom. The molecule has 2 aromatic heterocycles. The number of aromatic nitrogens is 2. The minimum absolute atomic E-state index is 0.128. The summed E-state index contributed by atoms with van der Waals surface area (Å²) in [7, 11) is 1.49. The van der Waals surface area contributed by atoms with Crippen LogP contribution in [0.15, 0.2) is 16.7 Å². The van der Waals surface area contributed by atoms with Crippen molar-refractivity contribution in [1.29, 1.82) is 0 Å².